The molecule has 24 heavy (non-hydrogen) atoms. The van der Waals surface area contributed by atoms with Gasteiger partial charge in [0.15, 0.2) is 0 Å². The van der Waals surface area contributed by atoms with Gasteiger partial charge in [0.05, 0.1) is 13.0 Å². The Kier molecular flexibility index (Phi) is 7.07. The number of nitrogens with one attached hydrogen (secondary N) is 1. The Labute approximate surface area is 143 Å². The molecule has 2 atom stereocenters. The van der Waals surface area contributed by atoms with Crippen LogP contribution in [-0.2, 0) is 20.7 Å². The predicted octanol–water partition coefficient (Wildman–Crippen LogP) is 2.90. The molecule has 0 fully saturated rings. The van der Waals surface area contributed by atoms with Crippen LogP contribution in [0.15, 0.2) is 24.3 Å². The number of methoxy groups -OCH3 is 1. The summed E-state index contributed by atoms with van der Waals surface area (Å²) in [6.07, 6.45) is 0.525. The van der Waals surface area contributed by atoms with Gasteiger partial charge in [0.25, 0.3) is 0 Å². The third kappa shape index (κ3) is 7.35. The van der Waals surface area contributed by atoms with Crippen LogP contribution >= 0.6 is 0 Å². The molecule has 0 spiro atoms. The van der Waals surface area contributed by atoms with E-state index in [0.717, 1.165) is 5.56 Å². The second-order valence-electron chi connectivity index (χ2n) is 6.95. The average Bonchev–Trinajstić information content (AvgIpc) is 2.46. The van der Waals surface area contributed by atoms with Gasteiger partial charge < -0.3 is 20.5 Å². The number of carbonyl (C=O) groups is 2. The monoisotopic (exact) mass is 336 g/mol. The van der Waals surface area contributed by atoms with Crippen molar-refractivity contribution >= 4 is 17.7 Å². The van der Waals surface area contributed by atoms with Crippen molar-refractivity contribution in [3.8, 4) is 0 Å². The summed E-state index contributed by atoms with van der Waals surface area (Å²) in [5.74, 6) is -0.632. The second-order valence-corrected chi connectivity index (χ2v) is 6.95. The average molecular weight is 336 g/mol. The number of alkyl carbamates (subject to hydrolysis) is 1. The Morgan fingerprint density at radius 1 is 1.21 bits per heavy atom. The molecule has 0 saturated heterocycles. The molecule has 6 heteroatoms. The number of hydrogen-bond acceptors (Lipinski definition) is 5. The smallest absolute Gasteiger partial charge is 0.407 e. The fourth-order valence-corrected chi connectivity index (χ4v) is 2.33. The molecular weight excluding hydrogens is 308 g/mol. The van der Waals surface area contributed by atoms with Gasteiger partial charge in [0.1, 0.15) is 5.60 Å². The van der Waals surface area contributed by atoms with Gasteiger partial charge in [-0.3, -0.25) is 4.79 Å². The van der Waals surface area contributed by atoms with Crippen LogP contribution < -0.4 is 11.1 Å². The van der Waals surface area contributed by atoms with Crippen LogP contribution in [-0.4, -0.2) is 30.8 Å². The molecule has 1 amide bonds. The quantitative estimate of drug-likeness (QED) is 0.616. The lowest BCUT2D eigenvalue weighted by Crippen LogP contribution is -2.41. The van der Waals surface area contributed by atoms with Crippen LogP contribution in [0.25, 0.3) is 0 Å². The van der Waals surface area contributed by atoms with Crippen molar-refractivity contribution < 1.29 is 19.1 Å². The Bertz CT molecular complexity index is 549. The zero-order valence-electron chi connectivity index (χ0n) is 15.1. The van der Waals surface area contributed by atoms with E-state index in [2.05, 4.69) is 5.32 Å². The third-order valence-corrected chi connectivity index (χ3v) is 3.42. The molecule has 3 N–H and O–H groups in total. The molecule has 6 nitrogen and oxygen atoms in total. The minimum absolute atomic E-state index is 0.252. The molecule has 1 aromatic carbocycles. The van der Waals surface area contributed by atoms with Crippen LogP contribution in [0, 0.1) is 5.92 Å². The molecular formula is C18H28N2O4. The summed E-state index contributed by atoms with van der Waals surface area (Å²) in [5.41, 5.74) is 6.81. The number of rotatable bonds is 6. The molecule has 0 heterocycles. The number of amides is 1. The highest BCUT2D eigenvalue weighted by atomic mass is 16.6. The van der Waals surface area contributed by atoms with Crippen molar-refractivity contribution in [2.24, 2.45) is 5.92 Å². The maximum absolute atomic E-state index is 12.1. The topological polar surface area (TPSA) is 90.6 Å². The zero-order chi connectivity index (χ0) is 18.3. The van der Waals surface area contributed by atoms with E-state index < -0.39 is 11.7 Å². The first kappa shape index (κ1) is 19.8. The number of anilines is 1. The van der Waals surface area contributed by atoms with Crippen LogP contribution in [0.5, 0.6) is 0 Å². The molecule has 134 valence electrons. The molecule has 0 aromatic heterocycles. The molecule has 0 bridgehead atoms. The highest BCUT2D eigenvalue weighted by molar-refractivity contribution is 5.72. The number of carbonyl (C=O) groups excluding carboxylic acids is 2. The summed E-state index contributed by atoms with van der Waals surface area (Å²) < 4.78 is 10.1. The van der Waals surface area contributed by atoms with E-state index in [1.165, 1.54) is 7.11 Å². The van der Waals surface area contributed by atoms with Crippen molar-refractivity contribution in [3.05, 3.63) is 29.8 Å². The van der Waals surface area contributed by atoms with E-state index in [1.54, 1.807) is 27.7 Å². The Hall–Kier alpha value is -2.24. The molecule has 0 saturated carbocycles. The molecule has 0 aliphatic carbocycles. The van der Waals surface area contributed by atoms with E-state index >= 15 is 0 Å². The van der Waals surface area contributed by atoms with Crippen molar-refractivity contribution in [2.45, 2.75) is 52.2 Å². The number of esters is 1. The van der Waals surface area contributed by atoms with Gasteiger partial charge in [-0.1, -0.05) is 19.1 Å². The maximum Gasteiger partial charge on any atom is 0.407 e. The van der Waals surface area contributed by atoms with Gasteiger partial charge in [-0.05, 0) is 51.3 Å². The van der Waals surface area contributed by atoms with Gasteiger partial charge in [0, 0.05) is 11.7 Å². The minimum atomic E-state index is -0.580. The summed E-state index contributed by atoms with van der Waals surface area (Å²) in [7, 11) is 1.36. The summed E-state index contributed by atoms with van der Waals surface area (Å²) in [6, 6.07) is 7.18. The minimum Gasteiger partial charge on any atom is -0.469 e. The fourth-order valence-electron chi connectivity index (χ4n) is 2.33. The van der Waals surface area contributed by atoms with Crippen molar-refractivity contribution in [1.82, 2.24) is 5.32 Å². The van der Waals surface area contributed by atoms with E-state index in [4.69, 9.17) is 15.2 Å². The first-order valence-corrected chi connectivity index (χ1v) is 8.02. The molecule has 2 unspecified atom stereocenters. The Morgan fingerprint density at radius 2 is 1.79 bits per heavy atom. The SMILES string of the molecule is COC(=O)C(C)CC(Cc1ccc(N)cc1)NC(=O)OC(C)(C)C. The maximum atomic E-state index is 12.1. The lowest BCUT2D eigenvalue weighted by atomic mass is 9.96. The lowest BCUT2D eigenvalue weighted by Gasteiger charge is -2.25. The number of hydrogen-bond donors (Lipinski definition) is 2. The highest BCUT2D eigenvalue weighted by Gasteiger charge is 2.24. The Morgan fingerprint density at radius 3 is 2.29 bits per heavy atom. The van der Waals surface area contributed by atoms with Gasteiger partial charge in [-0.2, -0.15) is 0 Å². The van der Waals surface area contributed by atoms with E-state index in [9.17, 15) is 9.59 Å². The predicted molar refractivity (Wildman–Crippen MR) is 93.5 cm³/mol. The molecule has 1 rings (SSSR count). The number of nitrogen functional groups attached to an aromatic ring is 1. The van der Waals surface area contributed by atoms with Gasteiger partial charge >= 0.3 is 12.1 Å². The van der Waals surface area contributed by atoms with Crippen molar-refractivity contribution in [2.75, 3.05) is 12.8 Å². The molecule has 0 aliphatic rings. The summed E-state index contributed by atoms with van der Waals surface area (Å²) in [5, 5.41) is 2.85. The van der Waals surface area contributed by atoms with E-state index in [0.29, 0.717) is 18.5 Å². The second kappa shape index (κ2) is 8.57. The van der Waals surface area contributed by atoms with Gasteiger partial charge in [-0.15, -0.1) is 0 Å². The fraction of sp³-hybridized carbons (Fsp3) is 0.556. The number of nitrogens with two attached hydrogens (primary N) is 1. The lowest BCUT2D eigenvalue weighted by molar-refractivity contribution is -0.145. The van der Waals surface area contributed by atoms with E-state index in [-0.39, 0.29) is 17.9 Å². The van der Waals surface area contributed by atoms with Crippen molar-refractivity contribution in [1.29, 1.82) is 0 Å². The standard InChI is InChI=1S/C18H28N2O4/c1-12(16(21)23-5)10-15(20-17(22)24-18(2,3)4)11-13-6-8-14(19)9-7-13/h6-9,12,15H,10-11,19H2,1-5H3,(H,20,22). The first-order valence-electron chi connectivity index (χ1n) is 8.02. The van der Waals surface area contributed by atoms with Gasteiger partial charge in [-0.25, -0.2) is 4.79 Å². The molecule has 0 aliphatic heterocycles. The van der Waals surface area contributed by atoms with Crippen LogP contribution in [0.4, 0.5) is 10.5 Å². The summed E-state index contributed by atoms with van der Waals surface area (Å²) in [4.78, 5) is 23.7. The molecule has 1 aromatic rings. The van der Waals surface area contributed by atoms with E-state index in [1.807, 2.05) is 24.3 Å². The highest BCUT2D eigenvalue weighted by Crippen LogP contribution is 2.15. The normalized spacial score (nSPS) is 13.7. The van der Waals surface area contributed by atoms with Crippen molar-refractivity contribution in [3.63, 3.8) is 0 Å². The zero-order valence-corrected chi connectivity index (χ0v) is 15.1. The van der Waals surface area contributed by atoms with Crippen LogP contribution in [0.3, 0.4) is 0 Å². The largest absolute Gasteiger partial charge is 0.469 e. The molecule has 0 radical (unpaired) electrons. The summed E-state index contributed by atoms with van der Waals surface area (Å²) in [6.45, 7) is 7.19. The first-order chi connectivity index (χ1) is 11.1. The number of benzene rings is 1. The number of ether oxygens (including phenoxy) is 2. The Balaban J connectivity index is 2.79. The van der Waals surface area contributed by atoms with Gasteiger partial charge in [0.2, 0.25) is 0 Å². The van der Waals surface area contributed by atoms with Crippen LogP contribution in [0.2, 0.25) is 0 Å². The summed E-state index contributed by atoms with van der Waals surface area (Å²) >= 11 is 0. The third-order valence-electron chi connectivity index (χ3n) is 3.42. The van der Waals surface area contributed by atoms with Crippen LogP contribution in [0.1, 0.15) is 39.7 Å².